The fourth-order valence-electron chi connectivity index (χ4n) is 4.89. The zero-order valence-electron chi connectivity index (χ0n) is 24.4. The number of hydrogen-bond acceptors (Lipinski definition) is 5. The highest BCUT2D eigenvalue weighted by Gasteiger charge is 2.27. The van der Waals surface area contributed by atoms with Gasteiger partial charge in [0.1, 0.15) is 5.70 Å². The smallest absolute Gasteiger partial charge is 0.272 e. The molecule has 0 saturated carbocycles. The number of para-hydroxylation sites is 2. The number of amides is 3. The van der Waals surface area contributed by atoms with Gasteiger partial charge >= 0.3 is 0 Å². The third-order valence-electron chi connectivity index (χ3n) is 7.15. The van der Waals surface area contributed by atoms with Gasteiger partial charge in [0.15, 0.2) is 0 Å². The molecule has 222 valence electrons. The predicted molar refractivity (Wildman–Crippen MR) is 183 cm³/mol. The second-order valence-electron chi connectivity index (χ2n) is 10.3. The lowest BCUT2D eigenvalue weighted by Crippen LogP contribution is -2.30. The molecule has 0 fully saturated rings. The lowest BCUT2D eigenvalue weighted by molar-refractivity contribution is -0.115. The first-order valence-corrected chi connectivity index (χ1v) is 16.1. The van der Waals surface area contributed by atoms with Crippen molar-refractivity contribution in [1.29, 1.82) is 0 Å². The van der Waals surface area contributed by atoms with E-state index in [2.05, 4.69) is 10.6 Å². The molecular formula is C37H29N3O3S2. The van der Waals surface area contributed by atoms with E-state index in [1.54, 1.807) is 53.1 Å². The molecule has 0 bridgehead atoms. The Morgan fingerprint density at radius 1 is 0.756 bits per heavy atom. The molecule has 5 aromatic rings. The van der Waals surface area contributed by atoms with Crippen molar-refractivity contribution >= 4 is 64.4 Å². The minimum atomic E-state index is -0.459. The molecule has 1 aliphatic heterocycles. The van der Waals surface area contributed by atoms with Gasteiger partial charge in [-0.1, -0.05) is 84.6 Å². The number of carbonyl (C=O) groups excluding carboxylic acids is 3. The van der Waals surface area contributed by atoms with Crippen LogP contribution in [0.2, 0.25) is 0 Å². The van der Waals surface area contributed by atoms with E-state index in [-0.39, 0.29) is 23.3 Å². The van der Waals surface area contributed by atoms with Crippen molar-refractivity contribution < 1.29 is 14.4 Å². The van der Waals surface area contributed by atoms with Crippen molar-refractivity contribution in [1.82, 2.24) is 5.32 Å². The topological polar surface area (TPSA) is 78.5 Å². The molecule has 0 radical (unpaired) electrons. The molecule has 1 heterocycles. The summed E-state index contributed by atoms with van der Waals surface area (Å²) in [5, 5.41) is 5.71. The fourth-order valence-corrected chi connectivity index (χ4v) is 6.75. The Morgan fingerprint density at radius 2 is 1.40 bits per heavy atom. The van der Waals surface area contributed by atoms with Crippen LogP contribution < -0.4 is 15.5 Å². The number of nitrogens with one attached hydrogen (secondary N) is 2. The van der Waals surface area contributed by atoms with E-state index in [0.717, 1.165) is 37.2 Å². The van der Waals surface area contributed by atoms with E-state index in [9.17, 15) is 14.4 Å². The van der Waals surface area contributed by atoms with Gasteiger partial charge in [0, 0.05) is 25.9 Å². The number of thioether (sulfide) groups is 1. The van der Waals surface area contributed by atoms with Gasteiger partial charge in [0.05, 0.1) is 17.1 Å². The van der Waals surface area contributed by atoms with Gasteiger partial charge in [0.25, 0.3) is 11.8 Å². The van der Waals surface area contributed by atoms with Gasteiger partial charge in [-0.05, 0) is 78.7 Å². The van der Waals surface area contributed by atoms with Crippen LogP contribution in [-0.2, 0) is 9.59 Å². The maximum Gasteiger partial charge on any atom is 0.272 e. The van der Waals surface area contributed by atoms with Crippen molar-refractivity contribution in [2.24, 2.45) is 0 Å². The Balaban J connectivity index is 1.18. The lowest BCUT2D eigenvalue weighted by atomic mass is 10.1. The monoisotopic (exact) mass is 627 g/mol. The zero-order chi connectivity index (χ0) is 31.2. The molecule has 1 aliphatic rings. The lowest BCUT2D eigenvalue weighted by Gasteiger charge is -2.31. The number of carbonyl (C=O) groups is 3. The molecule has 0 aliphatic carbocycles. The second-order valence-corrected chi connectivity index (χ2v) is 12.4. The third kappa shape index (κ3) is 7.03. The Morgan fingerprint density at radius 3 is 2.11 bits per heavy atom. The summed E-state index contributed by atoms with van der Waals surface area (Å²) >= 11 is 3.06. The van der Waals surface area contributed by atoms with Crippen LogP contribution >= 0.6 is 23.5 Å². The Labute approximate surface area is 270 Å². The summed E-state index contributed by atoms with van der Waals surface area (Å²) in [4.78, 5) is 44.9. The maximum atomic E-state index is 13.6. The molecule has 45 heavy (non-hydrogen) atoms. The minimum Gasteiger partial charge on any atom is -0.321 e. The van der Waals surface area contributed by atoms with Crippen molar-refractivity contribution in [3.05, 3.63) is 150 Å². The summed E-state index contributed by atoms with van der Waals surface area (Å²) in [7, 11) is 0. The van der Waals surface area contributed by atoms with E-state index >= 15 is 0 Å². The van der Waals surface area contributed by atoms with Crippen LogP contribution in [0.15, 0.2) is 148 Å². The van der Waals surface area contributed by atoms with Crippen molar-refractivity contribution in [3.8, 4) is 0 Å². The number of benzene rings is 5. The summed E-state index contributed by atoms with van der Waals surface area (Å²) in [6.07, 6.45) is 1.68. The van der Waals surface area contributed by atoms with Gasteiger partial charge in [-0.2, -0.15) is 0 Å². The van der Waals surface area contributed by atoms with Crippen molar-refractivity contribution in [2.45, 2.75) is 21.6 Å². The van der Waals surface area contributed by atoms with Crippen LogP contribution in [0.5, 0.6) is 0 Å². The Bertz CT molecular complexity index is 1880. The molecule has 2 N–H and O–H groups in total. The molecule has 6 nitrogen and oxygen atoms in total. The number of aryl methyl sites for hydroxylation is 1. The van der Waals surface area contributed by atoms with Gasteiger partial charge in [-0.25, -0.2) is 0 Å². The first kappa shape index (κ1) is 30.0. The SMILES string of the molecule is Cc1ccccc1/C=C(\NC(=O)c1ccccc1)C(=O)Nc1cccc(SCC(=O)N2c3ccccc3Sc3ccccc32)c1. The fraction of sp³-hybridized carbons (Fsp3) is 0.0541. The van der Waals surface area contributed by atoms with Crippen LogP contribution in [-0.4, -0.2) is 23.5 Å². The summed E-state index contributed by atoms with van der Waals surface area (Å²) in [6.45, 7) is 1.95. The van der Waals surface area contributed by atoms with E-state index < -0.39 is 5.91 Å². The van der Waals surface area contributed by atoms with Crippen LogP contribution in [0.25, 0.3) is 6.08 Å². The molecule has 0 spiro atoms. The molecule has 0 unspecified atom stereocenters. The van der Waals surface area contributed by atoms with Crippen molar-refractivity contribution in [3.63, 3.8) is 0 Å². The number of rotatable bonds is 8. The van der Waals surface area contributed by atoms with Gasteiger partial charge in [-0.15, -0.1) is 11.8 Å². The second kappa shape index (κ2) is 13.7. The third-order valence-corrected chi connectivity index (χ3v) is 9.26. The molecule has 0 saturated heterocycles. The molecule has 0 atom stereocenters. The van der Waals surface area contributed by atoms with E-state index in [1.807, 2.05) is 104 Å². The Hall–Kier alpha value is -5.05. The molecule has 5 aromatic carbocycles. The highest BCUT2D eigenvalue weighted by Crippen LogP contribution is 2.48. The quantitative estimate of drug-likeness (QED) is 0.134. The van der Waals surface area contributed by atoms with Gasteiger partial charge in [-0.3, -0.25) is 19.3 Å². The average molecular weight is 628 g/mol. The Kier molecular flexibility index (Phi) is 9.14. The maximum absolute atomic E-state index is 13.6. The van der Waals surface area contributed by atoms with Crippen LogP contribution in [0.1, 0.15) is 21.5 Å². The molecular weight excluding hydrogens is 599 g/mol. The van der Waals surface area contributed by atoms with E-state index in [0.29, 0.717) is 11.3 Å². The molecule has 0 aromatic heterocycles. The molecule has 3 amide bonds. The normalized spacial score (nSPS) is 12.1. The first-order chi connectivity index (χ1) is 22.0. The summed E-state index contributed by atoms with van der Waals surface area (Å²) in [5.41, 5.74) is 4.65. The summed E-state index contributed by atoms with van der Waals surface area (Å²) in [6, 6.07) is 39.6. The van der Waals surface area contributed by atoms with Crippen LogP contribution in [0.4, 0.5) is 17.1 Å². The zero-order valence-corrected chi connectivity index (χ0v) is 26.0. The molecule has 6 rings (SSSR count). The minimum absolute atomic E-state index is 0.0401. The number of anilines is 3. The average Bonchev–Trinajstić information content (AvgIpc) is 3.07. The number of hydrogen-bond donors (Lipinski definition) is 2. The molecule has 8 heteroatoms. The van der Waals surface area contributed by atoms with Gasteiger partial charge in [0.2, 0.25) is 5.91 Å². The van der Waals surface area contributed by atoms with E-state index in [1.165, 1.54) is 11.8 Å². The summed E-state index contributed by atoms with van der Waals surface area (Å²) < 4.78 is 0. The predicted octanol–water partition coefficient (Wildman–Crippen LogP) is 8.33. The standard InChI is InChI=1S/C37H29N3O3S2/c1-25-12-5-6-15-27(25)22-30(39-36(42)26-13-3-2-4-14-26)37(43)38-28-16-11-17-29(23-28)44-24-35(41)40-31-18-7-9-20-33(31)45-34-21-10-8-19-32(34)40/h2-23H,24H2,1H3,(H,38,43)(H,39,42)/b30-22-. The number of fused-ring (bicyclic) bond motifs is 2. The largest absolute Gasteiger partial charge is 0.321 e. The first-order valence-electron chi connectivity index (χ1n) is 14.3. The van der Waals surface area contributed by atoms with E-state index in [4.69, 9.17) is 0 Å². The number of nitrogens with zero attached hydrogens (tertiary/aromatic N) is 1. The van der Waals surface area contributed by atoms with Crippen LogP contribution in [0.3, 0.4) is 0 Å². The highest BCUT2D eigenvalue weighted by atomic mass is 32.2. The van der Waals surface area contributed by atoms with Crippen molar-refractivity contribution in [2.75, 3.05) is 16.0 Å². The summed E-state index contributed by atoms with van der Waals surface area (Å²) in [5.74, 6) is -0.676. The van der Waals surface area contributed by atoms with Crippen LogP contribution in [0, 0.1) is 6.92 Å². The van der Waals surface area contributed by atoms with Gasteiger partial charge < -0.3 is 10.6 Å². The highest BCUT2D eigenvalue weighted by molar-refractivity contribution is 8.00.